The molecule has 0 radical (unpaired) electrons. The Morgan fingerprint density at radius 2 is 1.42 bits per heavy atom. The highest BCUT2D eigenvalue weighted by Gasteiger charge is 2.22. The third kappa shape index (κ3) is 12.9. The molecule has 1 aromatic carbocycles. The van der Waals surface area contributed by atoms with Crippen molar-refractivity contribution in [1.82, 2.24) is 0 Å². The van der Waals surface area contributed by atoms with Gasteiger partial charge in [-0.05, 0) is 56.7 Å². The zero-order valence-electron chi connectivity index (χ0n) is 23.4. The third-order valence-corrected chi connectivity index (χ3v) is 5.66. The number of carbonyl (C=O) groups is 4. The van der Waals surface area contributed by atoms with Gasteiger partial charge in [0.05, 0.1) is 0 Å². The average Bonchev–Trinajstić information content (AvgIpc) is 2.86. The van der Waals surface area contributed by atoms with Crippen LogP contribution in [0.4, 0.5) is 4.79 Å². The van der Waals surface area contributed by atoms with E-state index in [-0.39, 0.29) is 49.4 Å². The zero-order chi connectivity index (χ0) is 28.7. The standard InChI is InChI=1S/C28H43NO9/c1-7-9-11-25(30)37-23-14-13-21(16-24(23)38-26(31)12-10-8-2)15-22(29)27(32)35-19(5)17-34-28(33)36-20(6)18(3)4/h13-14,16,18-20,22H,7-12,15,17,29H2,1-6H3/t19-,20?,22-/m0/s1. The van der Waals surface area contributed by atoms with Crippen LogP contribution in [0.2, 0.25) is 0 Å². The van der Waals surface area contributed by atoms with Crippen molar-refractivity contribution in [2.24, 2.45) is 11.7 Å². The molecule has 214 valence electrons. The molecule has 0 saturated carbocycles. The quantitative estimate of drug-likeness (QED) is 0.229. The van der Waals surface area contributed by atoms with Crippen LogP contribution in [0.25, 0.3) is 0 Å². The van der Waals surface area contributed by atoms with E-state index in [2.05, 4.69) is 0 Å². The minimum atomic E-state index is -1.04. The van der Waals surface area contributed by atoms with Crippen molar-refractivity contribution in [2.75, 3.05) is 6.61 Å². The fourth-order valence-corrected chi connectivity index (χ4v) is 3.00. The number of nitrogens with two attached hydrogens (primary N) is 1. The Hall–Kier alpha value is -3.14. The Kier molecular flexibility index (Phi) is 15.0. The molecule has 0 saturated heterocycles. The summed E-state index contributed by atoms with van der Waals surface area (Å²) in [5, 5.41) is 0. The van der Waals surface area contributed by atoms with Gasteiger partial charge in [0.15, 0.2) is 11.5 Å². The van der Waals surface area contributed by atoms with Gasteiger partial charge in [-0.3, -0.25) is 14.4 Å². The highest BCUT2D eigenvalue weighted by Crippen LogP contribution is 2.30. The van der Waals surface area contributed by atoms with Crippen molar-refractivity contribution in [3.05, 3.63) is 23.8 Å². The van der Waals surface area contributed by atoms with E-state index in [1.807, 2.05) is 27.7 Å². The lowest BCUT2D eigenvalue weighted by Crippen LogP contribution is -2.37. The van der Waals surface area contributed by atoms with E-state index in [9.17, 15) is 19.2 Å². The molecule has 1 unspecified atom stereocenters. The number of hydrogen-bond acceptors (Lipinski definition) is 10. The molecule has 1 rings (SSSR count). The molecule has 0 amide bonds. The molecule has 3 atom stereocenters. The monoisotopic (exact) mass is 537 g/mol. The number of hydrogen-bond donors (Lipinski definition) is 1. The van der Waals surface area contributed by atoms with E-state index in [0.717, 1.165) is 12.8 Å². The number of unbranched alkanes of at least 4 members (excludes halogenated alkanes) is 2. The summed E-state index contributed by atoms with van der Waals surface area (Å²) in [6, 6.07) is 3.64. The van der Waals surface area contributed by atoms with Gasteiger partial charge in [0, 0.05) is 12.8 Å². The number of carbonyl (C=O) groups excluding carboxylic acids is 4. The topological polar surface area (TPSA) is 140 Å². The van der Waals surface area contributed by atoms with Crippen LogP contribution in [-0.2, 0) is 35.0 Å². The Morgan fingerprint density at radius 3 is 1.97 bits per heavy atom. The summed E-state index contributed by atoms with van der Waals surface area (Å²) in [5.41, 5.74) is 6.62. The Balaban J connectivity index is 2.78. The van der Waals surface area contributed by atoms with Crippen molar-refractivity contribution in [1.29, 1.82) is 0 Å². The van der Waals surface area contributed by atoms with Crippen LogP contribution in [-0.4, -0.2) is 48.9 Å². The molecule has 10 nitrogen and oxygen atoms in total. The second-order valence-electron chi connectivity index (χ2n) is 9.62. The minimum absolute atomic E-state index is 0.0733. The van der Waals surface area contributed by atoms with Gasteiger partial charge in [-0.15, -0.1) is 0 Å². The van der Waals surface area contributed by atoms with Crippen LogP contribution < -0.4 is 15.2 Å². The first-order valence-electron chi connectivity index (χ1n) is 13.3. The molecule has 2 N–H and O–H groups in total. The SMILES string of the molecule is CCCCC(=O)Oc1ccc(C[C@H](N)C(=O)O[C@@H](C)COC(=O)OC(C)C(C)C)cc1OC(=O)CCCC. The summed E-state index contributed by atoms with van der Waals surface area (Å²) >= 11 is 0. The van der Waals surface area contributed by atoms with E-state index in [0.29, 0.717) is 18.4 Å². The molecule has 0 fully saturated rings. The fraction of sp³-hybridized carbons (Fsp3) is 0.643. The van der Waals surface area contributed by atoms with Crippen LogP contribution >= 0.6 is 0 Å². The van der Waals surface area contributed by atoms with E-state index in [4.69, 9.17) is 29.4 Å². The largest absolute Gasteiger partial charge is 0.508 e. The van der Waals surface area contributed by atoms with Crippen LogP contribution in [0.5, 0.6) is 11.5 Å². The zero-order valence-corrected chi connectivity index (χ0v) is 23.4. The van der Waals surface area contributed by atoms with Gasteiger partial charge in [-0.1, -0.05) is 46.6 Å². The third-order valence-electron chi connectivity index (χ3n) is 5.66. The lowest BCUT2D eigenvalue weighted by molar-refractivity contribution is -0.152. The van der Waals surface area contributed by atoms with Crippen molar-refractivity contribution in [3.8, 4) is 11.5 Å². The van der Waals surface area contributed by atoms with E-state index >= 15 is 0 Å². The molecule has 38 heavy (non-hydrogen) atoms. The number of rotatable bonds is 16. The lowest BCUT2D eigenvalue weighted by atomic mass is 10.1. The van der Waals surface area contributed by atoms with Crippen molar-refractivity contribution < 1.29 is 42.9 Å². The first kappa shape index (κ1) is 32.9. The van der Waals surface area contributed by atoms with Crippen LogP contribution in [0, 0.1) is 5.92 Å². The summed E-state index contributed by atoms with van der Waals surface area (Å²) in [6.45, 7) is 10.9. The van der Waals surface area contributed by atoms with Gasteiger partial charge in [0.1, 0.15) is 24.9 Å². The van der Waals surface area contributed by atoms with Gasteiger partial charge in [0.25, 0.3) is 0 Å². The first-order chi connectivity index (χ1) is 18.0. The molecule has 0 aliphatic heterocycles. The molecular weight excluding hydrogens is 494 g/mol. The summed E-state index contributed by atoms with van der Waals surface area (Å²) < 4.78 is 26.3. The molecular formula is C28H43NO9. The van der Waals surface area contributed by atoms with Gasteiger partial charge in [-0.2, -0.15) is 0 Å². The van der Waals surface area contributed by atoms with Gasteiger partial charge in [0.2, 0.25) is 0 Å². The molecule has 0 aliphatic rings. The second-order valence-corrected chi connectivity index (χ2v) is 9.62. The minimum Gasteiger partial charge on any atom is -0.458 e. The smallest absolute Gasteiger partial charge is 0.458 e. The Bertz CT molecular complexity index is 916. The first-order valence-corrected chi connectivity index (χ1v) is 13.3. The summed E-state index contributed by atoms with van der Waals surface area (Å²) in [5.74, 6) is -1.22. The molecule has 0 bridgehead atoms. The van der Waals surface area contributed by atoms with E-state index in [1.165, 1.54) is 12.1 Å². The normalized spacial score (nSPS) is 13.3. The predicted octanol–water partition coefficient (Wildman–Crippen LogP) is 4.88. The Morgan fingerprint density at radius 1 is 0.842 bits per heavy atom. The molecule has 0 aliphatic carbocycles. The van der Waals surface area contributed by atoms with E-state index < -0.39 is 36.2 Å². The van der Waals surface area contributed by atoms with Crippen molar-refractivity contribution >= 4 is 24.1 Å². The maximum absolute atomic E-state index is 12.5. The van der Waals surface area contributed by atoms with Crippen LogP contribution in [0.3, 0.4) is 0 Å². The molecule has 0 spiro atoms. The maximum Gasteiger partial charge on any atom is 0.508 e. The lowest BCUT2D eigenvalue weighted by Gasteiger charge is -2.19. The highest BCUT2D eigenvalue weighted by molar-refractivity contribution is 5.77. The highest BCUT2D eigenvalue weighted by atomic mass is 16.7. The summed E-state index contributed by atoms with van der Waals surface area (Å²) in [7, 11) is 0. The number of ether oxygens (including phenoxy) is 5. The predicted molar refractivity (Wildman–Crippen MR) is 141 cm³/mol. The average molecular weight is 538 g/mol. The molecule has 1 aromatic rings. The van der Waals surface area contributed by atoms with Crippen LogP contribution in [0.1, 0.15) is 85.6 Å². The second kappa shape index (κ2) is 17.4. The molecule has 0 heterocycles. The number of benzene rings is 1. The molecule has 10 heteroatoms. The molecule has 0 aromatic heterocycles. The summed E-state index contributed by atoms with van der Waals surface area (Å²) in [6.07, 6.45) is 1.66. The maximum atomic E-state index is 12.5. The van der Waals surface area contributed by atoms with Crippen molar-refractivity contribution in [3.63, 3.8) is 0 Å². The van der Waals surface area contributed by atoms with Crippen LogP contribution in [0.15, 0.2) is 18.2 Å². The van der Waals surface area contributed by atoms with Gasteiger partial charge < -0.3 is 29.4 Å². The van der Waals surface area contributed by atoms with Gasteiger partial charge in [-0.25, -0.2) is 4.79 Å². The summed E-state index contributed by atoms with van der Waals surface area (Å²) in [4.78, 5) is 48.6. The van der Waals surface area contributed by atoms with E-state index in [1.54, 1.807) is 19.9 Å². The Labute approximate surface area is 225 Å². The fourth-order valence-electron chi connectivity index (χ4n) is 3.00. The number of esters is 3. The van der Waals surface area contributed by atoms with Crippen molar-refractivity contribution in [2.45, 2.75) is 105 Å². The van der Waals surface area contributed by atoms with Gasteiger partial charge >= 0.3 is 24.1 Å².